The van der Waals surface area contributed by atoms with Crippen LogP contribution in [-0.4, -0.2) is 47.8 Å². The summed E-state index contributed by atoms with van der Waals surface area (Å²) in [4.78, 5) is 36.3. The Balaban J connectivity index is 1.96. The van der Waals surface area contributed by atoms with Crippen molar-refractivity contribution in [2.24, 2.45) is 5.92 Å². The number of benzene rings is 1. The summed E-state index contributed by atoms with van der Waals surface area (Å²) in [5, 5.41) is 15.7. The second-order valence-electron chi connectivity index (χ2n) is 7.91. The van der Waals surface area contributed by atoms with E-state index in [2.05, 4.69) is 17.6 Å². The number of amides is 3. The van der Waals surface area contributed by atoms with E-state index in [1.165, 1.54) is 0 Å². The first-order valence-corrected chi connectivity index (χ1v) is 11.8. The van der Waals surface area contributed by atoms with Crippen LogP contribution < -0.4 is 15.4 Å². The van der Waals surface area contributed by atoms with Gasteiger partial charge in [-0.1, -0.05) is 45.2 Å². The summed E-state index contributed by atoms with van der Waals surface area (Å²) >= 11 is 0. The maximum Gasteiger partial charge on any atom is 0.288 e. The average Bonchev–Trinajstić information content (AvgIpc) is 3.34. The maximum absolute atomic E-state index is 12.8. The predicted molar refractivity (Wildman–Crippen MR) is 127 cm³/mol. The van der Waals surface area contributed by atoms with Crippen molar-refractivity contribution in [3.05, 3.63) is 42.2 Å². The summed E-state index contributed by atoms with van der Waals surface area (Å²) in [6.45, 7) is 6.20. The van der Waals surface area contributed by atoms with Crippen molar-refractivity contribution < 1.29 is 28.7 Å². The smallest absolute Gasteiger partial charge is 0.288 e. The van der Waals surface area contributed by atoms with Crippen LogP contribution >= 0.6 is 0 Å². The minimum atomic E-state index is -0.634. The SMILES string of the molecule is CCCCC[C@@H](C(=O)NCNC(=O)c1ccc(-c2cccc(OCC)c2)o1)[C@@H](CC)N(O)C=O. The molecule has 2 aromatic rings. The number of unbranched alkanes of at least 4 members (excludes halogenated alkanes) is 2. The lowest BCUT2D eigenvalue weighted by molar-refractivity contribution is -0.168. The maximum atomic E-state index is 12.8. The van der Waals surface area contributed by atoms with Crippen LogP contribution in [0, 0.1) is 5.92 Å². The van der Waals surface area contributed by atoms with Gasteiger partial charge in [0.1, 0.15) is 11.5 Å². The van der Waals surface area contributed by atoms with E-state index in [0.29, 0.717) is 42.4 Å². The summed E-state index contributed by atoms with van der Waals surface area (Å²) < 4.78 is 11.2. The topological polar surface area (TPSA) is 121 Å². The highest BCUT2D eigenvalue weighted by molar-refractivity contribution is 5.92. The van der Waals surface area contributed by atoms with E-state index >= 15 is 0 Å². The number of carbonyl (C=O) groups is 3. The predicted octanol–water partition coefficient (Wildman–Crippen LogP) is 3.97. The van der Waals surface area contributed by atoms with E-state index in [4.69, 9.17) is 9.15 Å². The van der Waals surface area contributed by atoms with Gasteiger partial charge in [0.15, 0.2) is 5.76 Å². The van der Waals surface area contributed by atoms with Crippen LogP contribution in [0.2, 0.25) is 0 Å². The number of nitrogens with zero attached hydrogens (tertiary/aromatic N) is 1. The standard InChI is InChI=1S/C25H35N3O6/c1-4-7-8-12-20(21(5-2)28(32)17-29)24(30)26-16-27-25(31)23-14-13-22(34-23)18-10-9-11-19(15-18)33-6-3/h9-11,13-15,17,20-21,32H,4-8,12,16H2,1-3H3,(H,26,30)(H,27,31)/t20-,21-/m1/s1. The molecule has 1 aromatic heterocycles. The van der Waals surface area contributed by atoms with Gasteiger partial charge in [0, 0.05) is 5.56 Å². The van der Waals surface area contributed by atoms with Crippen LogP contribution in [0.25, 0.3) is 11.3 Å². The molecule has 0 saturated heterocycles. The fourth-order valence-corrected chi connectivity index (χ4v) is 3.80. The zero-order valence-corrected chi connectivity index (χ0v) is 20.1. The van der Waals surface area contributed by atoms with E-state index in [1.807, 2.05) is 31.2 Å². The van der Waals surface area contributed by atoms with Gasteiger partial charge in [-0.3, -0.25) is 19.6 Å². The van der Waals surface area contributed by atoms with Crippen molar-refractivity contribution in [1.29, 1.82) is 0 Å². The molecular weight excluding hydrogens is 438 g/mol. The molecule has 186 valence electrons. The first-order chi connectivity index (χ1) is 16.4. The summed E-state index contributed by atoms with van der Waals surface area (Å²) in [6.07, 6.45) is 3.99. The van der Waals surface area contributed by atoms with Gasteiger partial charge in [-0.05, 0) is 44.0 Å². The van der Waals surface area contributed by atoms with Gasteiger partial charge in [-0.2, -0.15) is 0 Å². The van der Waals surface area contributed by atoms with E-state index in [1.54, 1.807) is 19.1 Å². The Labute approximate surface area is 200 Å². The van der Waals surface area contributed by atoms with Crippen LogP contribution in [0.5, 0.6) is 5.75 Å². The molecule has 0 saturated carbocycles. The van der Waals surface area contributed by atoms with E-state index < -0.39 is 17.9 Å². The second-order valence-corrected chi connectivity index (χ2v) is 7.91. The lowest BCUT2D eigenvalue weighted by atomic mass is 9.90. The molecular formula is C25H35N3O6. The van der Waals surface area contributed by atoms with Gasteiger partial charge < -0.3 is 19.8 Å². The molecule has 0 bridgehead atoms. The highest BCUT2D eigenvalue weighted by atomic mass is 16.5. The van der Waals surface area contributed by atoms with Crippen LogP contribution in [0.3, 0.4) is 0 Å². The van der Waals surface area contributed by atoms with Crippen molar-refractivity contribution in [1.82, 2.24) is 15.7 Å². The van der Waals surface area contributed by atoms with Gasteiger partial charge in [0.25, 0.3) is 5.91 Å². The number of furan rings is 1. The molecule has 2 atom stereocenters. The third-order valence-corrected chi connectivity index (χ3v) is 5.56. The van der Waals surface area contributed by atoms with Crippen molar-refractivity contribution >= 4 is 18.2 Å². The number of rotatable bonds is 15. The molecule has 1 aromatic carbocycles. The molecule has 3 N–H and O–H groups in total. The molecule has 0 spiro atoms. The van der Waals surface area contributed by atoms with E-state index in [9.17, 15) is 19.6 Å². The van der Waals surface area contributed by atoms with Gasteiger partial charge in [0.05, 0.1) is 25.2 Å². The molecule has 1 heterocycles. The van der Waals surface area contributed by atoms with Gasteiger partial charge in [0.2, 0.25) is 12.3 Å². The monoisotopic (exact) mass is 473 g/mol. The lowest BCUT2D eigenvalue weighted by Gasteiger charge is -2.29. The van der Waals surface area contributed by atoms with Crippen LogP contribution in [0.15, 0.2) is 40.8 Å². The zero-order valence-electron chi connectivity index (χ0n) is 20.1. The molecule has 0 aliphatic rings. The number of carbonyl (C=O) groups excluding carboxylic acids is 3. The van der Waals surface area contributed by atoms with Crippen LogP contribution in [0.1, 0.15) is 63.4 Å². The zero-order chi connectivity index (χ0) is 24.9. The molecule has 0 unspecified atom stereocenters. The summed E-state index contributed by atoms with van der Waals surface area (Å²) in [6, 6.07) is 10.0. The molecule has 34 heavy (non-hydrogen) atoms. The third kappa shape index (κ3) is 7.62. The minimum absolute atomic E-state index is 0.110. The van der Waals surface area contributed by atoms with E-state index in [-0.39, 0.29) is 18.3 Å². The van der Waals surface area contributed by atoms with Crippen molar-refractivity contribution in [3.63, 3.8) is 0 Å². The fourth-order valence-electron chi connectivity index (χ4n) is 3.80. The average molecular weight is 474 g/mol. The van der Waals surface area contributed by atoms with Crippen molar-refractivity contribution in [2.45, 2.75) is 58.9 Å². The molecule has 2 rings (SSSR count). The summed E-state index contributed by atoms with van der Waals surface area (Å²) in [5.74, 6) is -0.0545. The molecule has 0 aliphatic carbocycles. The molecule has 9 heteroatoms. The van der Waals surface area contributed by atoms with Crippen LogP contribution in [0.4, 0.5) is 0 Å². The normalized spacial score (nSPS) is 12.5. The van der Waals surface area contributed by atoms with Crippen LogP contribution in [-0.2, 0) is 9.59 Å². The largest absolute Gasteiger partial charge is 0.494 e. The Morgan fingerprint density at radius 1 is 1.15 bits per heavy atom. The van der Waals surface area contributed by atoms with E-state index in [0.717, 1.165) is 24.8 Å². The molecule has 0 aliphatic heterocycles. The quantitative estimate of drug-likeness (QED) is 0.118. The number of hydrogen-bond donors (Lipinski definition) is 3. The highest BCUT2D eigenvalue weighted by Crippen LogP contribution is 2.26. The molecule has 0 radical (unpaired) electrons. The Hall–Kier alpha value is -3.33. The van der Waals surface area contributed by atoms with Gasteiger partial charge >= 0.3 is 0 Å². The highest BCUT2D eigenvalue weighted by Gasteiger charge is 2.30. The first-order valence-electron chi connectivity index (χ1n) is 11.8. The Morgan fingerprint density at radius 2 is 1.94 bits per heavy atom. The lowest BCUT2D eigenvalue weighted by Crippen LogP contribution is -2.47. The second kappa shape index (κ2) is 14.0. The Bertz CT molecular complexity index is 929. The molecule has 0 fully saturated rings. The van der Waals surface area contributed by atoms with Gasteiger partial charge in [-0.15, -0.1) is 0 Å². The molecule has 9 nitrogen and oxygen atoms in total. The minimum Gasteiger partial charge on any atom is -0.494 e. The summed E-state index contributed by atoms with van der Waals surface area (Å²) in [7, 11) is 0. The number of ether oxygens (including phenoxy) is 1. The Kier molecular flexibility index (Phi) is 11.1. The number of nitrogens with one attached hydrogen (secondary N) is 2. The van der Waals surface area contributed by atoms with Crippen molar-refractivity contribution in [2.75, 3.05) is 13.3 Å². The fraction of sp³-hybridized carbons (Fsp3) is 0.480. The first kappa shape index (κ1) is 26.9. The number of hydrogen-bond acceptors (Lipinski definition) is 6. The van der Waals surface area contributed by atoms with Crippen molar-refractivity contribution in [3.8, 4) is 17.1 Å². The third-order valence-electron chi connectivity index (χ3n) is 5.56. The number of hydroxylamine groups is 2. The summed E-state index contributed by atoms with van der Waals surface area (Å²) in [5.41, 5.74) is 0.780. The Morgan fingerprint density at radius 3 is 2.62 bits per heavy atom. The van der Waals surface area contributed by atoms with Gasteiger partial charge in [-0.25, -0.2) is 5.06 Å². The molecule has 3 amide bonds.